The molecule has 6 heteroatoms. The maximum atomic E-state index is 12.3. The van der Waals surface area contributed by atoms with E-state index in [1.807, 2.05) is 18.2 Å². The number of aromatic nitrogens is 2. The Hall–Kier alpha value is -1.40. The van der Waals surface area contributed by atoms with Crippen LogP contribution in [-0.4, -0.2) is 28.7 Å². The lowest BCUT2D eigenvalue weighted by Crippen LogP contribution is -2.41. The van der Waals surface area contributed by atoms with Gasteiger partial charge in [-0.25, -0.2) is 0 Å². The number of amides is 1. The fourth-order valence-electron chi connectivity index (χ4n) is 2.20. The molecule has 1 amide bonds. The smallest absolute Gasteiger partial charge is 0.272 e. The number of hydrogen-bond donors (Lipinski definition) is 3. The summed E-state index contributed by atoms with van der Waals surface area (Å²) >= 11 is 3.40. The van der Waals surface area contributed by atoms with Gasteiger partial charge in [0.05, 0.1) is 5.52 Å². The summed E-state index contributed by atoms with van der Waals surface area (Å²) < 4.78 is 0.915. The highest BCUT2D eigenvalue weighted by Gasteiger charge is 2.18. The Kier molecular flexibility index (Phi) is 4.77. The van der Waals surface area contributed by atoms with Gasteiger partial charge >= 0.3 is 0 Å². The molecule has 2 rings (SSSR count). The summed E-state index contributed by atoms with van der Waals surface area (Å²) in [6.07, 6.45) is 0.855. The van der Waals surface area contributed by atoms with E-state index in [9.17, 15) is 4.79 Å². The maximum absolute atomic E-state index is 12.3. The molecule has 0 aliphatic heterocycles. The van der Waals surface area contributed by atoms with Gasteiger partial charge in [0, 0.05) is 22.4 Å². The summed E-state index contributed by atoms with van der Waals surface area (Å²) in [5, 5.41) is 10.7. The van der Waals surface area contributed by atoms with Crippen molar-refractivity contribution in [3.63, 3.8) is 0 Å². The second-order valence-electron chi connectivity index (χ2n) is 5.30. The minimum absolute atomic E-state index is 0.0265. The second-order valence-corrected chi connectivity index (χ2v) is 6.21. The molecule has 4 N–H and O–H groups in total. The minimum atomic E-state index is -0.189. The van der Waals surface area contributed by atoms with Gasteiger partial charge in [-0.15, -0.1) is 0 Å². The van der Waals surface area contributed by atoms with E-state index in [4.69, 9.17) is 5.73 Å². The van der Waals surface area contributed by atoms with Crippen molar-refractivity contribution in [2.24, 2.45) is 11.7 Å². The van der Waals surface area contributed by atoms with E-state index in [-0.39, 0.29) is 11.9 Å². The number of H-pyrrole nitrogens is 1. The third-order valence-electron chi connectivity index (χ3n) is 3.12. The second kappa shape index (κ2) is 6.37. The van der Waals surface area contributed by atoms with Crippen LogP contribution in [0.1, 0.15) is 30.8 Å². The number of nitrogens with zero attached hydrogens (tertiary/aromatic N) is 1. The molecular formula is C14H19BrN4O. The van der Waals surface area contributed by atoms with Crippen molar-refractivity contribution in [3.05, 3.63) is 28.4 Å². The van der Waals surface area contributed by atoms with E-state index < -0.39 is 0 Å². The van der Waals surface area contributed by atoms with Crippen LogP contribution in [0.25, 0.3) is 10.9 Å². The fraction of sp³-hybridized carbons (Fsp3) is 0.429. The number of halogens is 1. The van der Waals surface area contributed by atoms with Gasteiger partial charge in [0.15, 0.2) is 5.69 Å². The van der Waals surface area contributed by atoms with E-state index in [1.165, 1.54) is 0 Å². The Balaban J connectivity index is 2.20. The molecule has 20 heavy (non-hydrogen) atoms. The van der Waals surface area contributed by atoms with Gasteiger partial charge in [-0.2, -0.15) is 5.10 Å². The first-order chi connectivity index (χ1) is 9.51. The topological polar surface area (TPSA) is 83.8 Å². The van der Waals surface area contributed by atoms with Crippen LogP contribution >= 0.6 is 15.9 Å². The minimum Gasteiger partial charge on any atom is -0.347 e. The quantitative estimate of drug-likeness (QED) is 0.782. The Morgan fingerprint density at radius 1 is 1.50 bits per heavy atom. The first kappa shape index (κ1) is 15.0. The predicted octanol–water partition coefficient (Wildman–Crippen LogP) is 2.43. The summed E-state index contributed by atoms with van der Waals surface area (Å²) in [6, 6.07) is 5.65. The van der Waals surface area contributed by atoms with E-state index >= 15 is 0 Å². The van der Waals surface area contributed by atoms with E-state index in [1.54, 1.807) is 0 Å². The monoisotopic (exact) mass is 338 g/mol. The molecule has 0 bridgehead atoms. The fourth-order valence-corrected chi connectivity index (χ4v) is 2.56. The van der Waals surface area contributed by atoms with E-state index in [2.05, 4.69) is 45.3 Å². The molecule has 1 unspecified atom stereocenters. The first-order valence-electron chi connectivity index (χ1n) is 6.65. The molecule has 108 valence electrons. The molecule has 2 aromatic rings. The van der Waals surface area contributed by atoms with Gasteiger partial charge in [0.1, 0.15) is 0 Å². The molecule has 0 fully saturated rings. The first-order valence-corrected chi connectivity index (χ1v) is 7.45. The highest BCUT2D eigenvalue weighted by Crippen LogP contribution is 2.21. The molecule has 0 saturated heterocycles. The molecule has 0 spiro atoms. The van der Waals surface area contributed by atoms with E-state index in [0.29, 0.717) is 18.2 Å². The lowest BCUT2D eigenvalue weighted by atomic mass is 10.0. The summed E-state index contributed by atoms with van der Waals surface area (Å²) in [5.41, 5.74) is 6.95. The Bertz CT molecular complexity index is 608. The average Bonchev–Trinajstić information content (AvgIpc) is 2.80. The third kappa shape index (κ3) is 3.37. The number of rotatable bonds is 5. The number of benzene rings is 1. The Morgan fingerprint density at radius 3 is 2.90 bits per heavy atom. The highest BCUT2D eigenvalue weighted by molar-refractivity contribution is 9.10. The van der Waals surface area contributed by atoms with Crippen molar-refractivity contribution in [1.29, 1.82) is 0 Å². The largest absolute Gasteiger partial charge is 0.347 e. The van der Waals surface area contributed by atoms with Gasteiger partial charge in [-0.1, -0.05) is 29.8 Å². The molecule has 1 aromatic heterocycles. The third-order valence-corrected chi connectivity index (χ3v) is 3.61. The van der Waals surface area contributed by atoms with Crippen molar-refractivity contribution < 1.29 is 4.79 Å². The summed E-state index contributed by atoms with van der Waals surface area (Å²) in [5.74, 6) is 0.291. The van der Waals surface area contributed by atoms with Crippen LogP contribution in [-0.2, 0) is 0 Å². The Morgan fingerprint density at radius 2 is 2.25 bits per heavy atom. The van der Waals surface area contributed by atoms with Crippen LogP contribution in [0, 0.1) is 5.92 Å². The van der Waals surface area contributed by atoms with Gasteiger partial charge in [-0.05, 0) is 30.5 Å². The summed E-state index contributed by atoms with van der Waals surface area (Å²) in [7, 11) is 0. The number of carbonyl (C=O) groups is 1. The van der Waals surface area contributed by atoms with Gasteiger partial charge < -0.3 is 11.1 Å². The summed E-state index contributed by atoms with van der Waals surface area (Å²) in [6.45, 7) is 4.64. The van der Waals surface area contributed by atoms with Crippen LogP contribution in [0.4, 0.5) is 0 Å². The lowest BCUT2D eigenvalue weighted by Gasteiger charge is -2.18. The highest BCUT2D eigenvalue weighted by atomic mass is 79.9. The molecule has 0 aliphatic carbocycles. The number of nitrogens with one attached hydrogen (secondary N) is 2. The zero-order chi connectivity index (χ0) is 14.7. The zero-order valence-corrected chi connectivity index (χ0v) is 13.2. The van der Waals surface area contributed by atoms with Crippen LogP contribution in [0.2, 0.25) is 0 Å². The molecule has 1 aromatic carbocycles. The molecule has 1 atom stereocenters. The van der Waals surface area contributed by atoms with Crippen molar-refractivity contribution >= 4 is 32.7 Å². The van der Waals surface area contributed by atoms with Crippen molar-refractivity contribution in [2.45, 2.75) is 26.3 Å². The van der Waals surface area contributed by atoms with Crippen LogP contribution in [0.15, 0.2) is 22.7 Å². The van der Waals surface area contributed by atoms with Crippen molar-refractivity contribution in [3.8, 4) is 0 Å². The van der Waals surface area contributed by atoms with Crippen LogP contribution < -0.4 is 11.1 Å². The van der Waals surface area contributed by atoms with Gasteiger partial charge in [-0.3, -0.25) is 9.89 Å². The molecule has 0 radical (unpaired) electrons. The molecule has 1 heterocycles. The molecule has 5 nitrogen and oxygen atoms in total. The zero-order valence-electron chi connectivity index (χ0n) is 11.6. The van der Waals surface area contributed by atoms with Crippen molar-refractivity contribution in [1.82, 2.24) is 15.5 Å². The van der Waals surface area contributed by atoms with Gasteiger partial charge in [0.2, 0.25) is 0 Å². The number of carbonyl (C=O) groups excluding carboxylic acids is 1. The maximum Gasteiger partial charge on any atom is 0.272 e. The normalized spacial score (nSPS) is 12.8. The predicted molar refractivity (Wildman–Crippen MR) is 83.6 cm³/mol. The van der Waals surface area contributed by atoms with Crippen LogP contribution in [0.3, 0.4) is 0 Å². The summed E-state index contributed by atoms with van der Waals surface area (Å²) in [4.78, 5) is 12.3. The Labute approximate surface area is 126 Å². The number of aromatic amines is 1. The standard InChI is InChI=1S/C14H19BrN4O/c1-8(2)5-10(7-16)17-14(20)13-11-6-9(15)3-4-12(11)18-19-13/h3-4,6,8,10H,5,7,16H2,1-2H3,(H,17,20)(H,18,19). The lowest BCUT2D eigenvalue weighted by molar-refractivity contribution is 0.0930. The SMILES string of the molecule is CC(C)CC(CN)NC(=O)c1n[nH]c2ccc(Br)cc12. The number of nitrogens with two attached hydrogens (primary N) is 1. The van der Waals surface area contributed by atoms with Crippen LogP contribution in [0.5, 0.6) is 0 Å². The number of fused-ring (bicyclic) bond motifs is 1. The molecular weight excluding hydrogens is 320 g/mol. The molecule has 0 aliphatic rings. The van der Waals surface area contributed by atoms with E-state index in [0.717, 1.165) is 21.8 Å². The average molecular weight is 339 g/mol. The molecule has 0 saturated carbocycles. The van der Waals surface area contributed by atoms with Crippen molar-refractivity contribution in [2.75, 3.05) is 6.54 Å². The van der Waals surface area contributed by atoms with Gasteiger partial charge in [0.25, 0.3) is 5.91 Å². The number of hydrogen-bond acceptors (Lipinski definition) is 3.